The summed E-state index contributed by atoms with van der Waals surface area (Å²) in [5, 5.41) is 0.599. The van der Waals surface area contributed by atoms with E-state index < -0.39 is 34.7 Å². The van der Waals surface area contributed by atoms with Gasteiger partial charge in [0.05, 0.1) is 28.2 Å². The van der Waals surface area contributed by atoms with E-state index in [9.17, 15) is 13.6 Å². The van der Waals surface area contributed by atoms with Crippen molar-refractivity contribution in [2.45, 2.75) is 49.7 Å². The van der Waals surface area contributed by atoms with E-state index in [2.05, 4.69) is 16.5 Å². The summed E-state index contributed by atoms with van der Waals surface area (Å²) in [7, 11) is 0. The molecule has 46 heavy (non-hydrogen) atoms. The van der Waals surface area contributed by atoms with Gasteiger partial charge in [0.15, 0.2) is 11.6 Å². The monoisotopic (exact) mass is 651 g/mol. The predicted octanol–water partition coefficient (Wildman–Crippen LogP) is 6.80. The number of aromatic nitrogens is 2. The van der Waals surface area contributed by atoms with Crippen LogP contribution in [0.1, 0.15) is 32.1 Å². The summed E-state index contributed by atoms with van der Waals surface area (Å²) in [5.41, 5.74) is -0.580. The molecule has 4 saturated heterocycles. The van der Waals surface area contributed by atoms with E-state index in [1.54, 1.807) is 12.1 Å². The second-order valence-electron chi connectivity index (χ2n) is 12.7. The lowest BCUT2D eigenvalue weighted by molar-refractivity contribution is -0.130. The molecule has 0 aliphatic carbocycles. The van der Waals surface area contributed by atoms with E-state index >= 15 is 8.78 Å². The summed E-state index contributed by atoms with van der Waals surface area (Å²) in [6.07, 6.45) is 4.61. The molecule has 2 atom stereocenters. The number of fused-ring (bicyclic) bond motifs is 4. The van der Waals surface area contributed by atoms with Gasteiger partial charge >= 0.3 is 6.01 Å². The maximum Gasteiger partial charge on any atom is 0.319 e. The summed E-state index contributed by atoms with van der Waals surface area (Å²) in [6, 6.07) is 8.14. The van der Waals surface area contributed by atoms with Crippen molar-refractivity contribution in [2.24, 2.45) is 0 Å². The largest absolute Gasteiger partial charge is 0.461 e. The van der Waals surface area contributed by atoms with Crippen molar-refractivity contribution in [2.75, 3.05) is 37.7 Å². The molecule has 0 N–H and O–H groups in total. The topological polar surface area (TPSA) is 61.8 Å². The van der Waals surface area contributed by atoms with Gasteiger partial charge < -0.3 is 14.5 Å². The van der Waals surface area contributed by atoms with Crippen LogP contribution in [0.4, 0.5) is 23.4 Å². The van der Waals surface area contributed by atoms with E-state index in [1.165, 1.54) is 29.2 Å². The average molecular weight is 652 g/mol. The highest BCUT2D eigenvalue weighted by Crippen LogP contribution is 2.44. The van der Waals surface area contributed by atoms with Crippen LogP contribution in [0.5, 0.6) is 6.01 Å². The first-order chi connectivity index (χ1) is 22.2. The van der Waals surface area contributed by atoms with Gasteiger partial charge in [0.2, 0.25) is 0 Å². The Balaban J connectivity index is 1.25. The number of likely N-dealkylation sites (tertiary alicyclic amines) is 1. The molecule has 1 amide bonds. The SMILES string of the molecule is C=C(F)C(=O)N1CCC2[C@H]1CN2c1nc(OCC23CCCN2CCC3)nc2c(F)c(-c3cccc4ccc(F)c(Cl)c34)c(F)cc12. The molecule has 7 nitrogen and oxygen atoms in total. The second-order valence-corrected chi connectivity index (χ2v) is 13.1. The molecule has 1 aromatic heterocycles. The highest BCUT2D eigenvalue weighted by molar-refractivity contribution is 6.37. The normalized spacial score (nSPS) is 21.9. The Labute approximate surface area is 267 Å². The van der Waals surface area contributed by atoms with Gasteiger partial charge in [-0.05, 0) is 68.3 Å². The standard InChI is InChI=1S/C34H30ClF4N5O2/c1-18(36)32(45)43-14-9-24-25(43)16-44(24)31-21-15-23(38)27(20-6-2-5-19-7-8-22(37)28(35)26(19)20)29(39)30(21)40-33(41-31)46-17-34-10-3-12-42(34)13-4-11-34/h2,5-8,15,24-25H,1,3-4,9-14,16-17H2/t24?,25-/m1/s1. The van der Waals surface area contributed by atoms with Crippen molar-refractivity contribution < 1.29 is 27.1 Å². The molecule has 8 rings (SSSR count). The minimum Gasteiger partial charge on any atom is -0.461 e. The third-order valence-corrected chi connectivity index (χ3v) is 10.8. The van der Waals surface area contributed by atoms with Crippen molar-refractivity contribution in [1.29, 1.82) is 0 Å². The number of ether oxygens (including phenoxy) is 1. The van der Waals surface area contributed by atoms with Crippen LogP contribution in [0, 0.1) is 17.5 Å². The predicted molar refractivity (Wildman–Crippen MR) is 167 cm³/mol. The first-order valence-electron chi connectivity index (χ1n) is 15.5. The number of halogens is 5. The molecule has 3 aromatic carbocycles. The molecule has 4 aromatic rings. The first kappa shape index (κ1) is 29.4. The number of nitrogens with zero attached hydrogens (tertiary/aromatic N) is 5. The fourth-order valence-corrected chi connectivity index (χ4v) is 8.41. The zero-order valence-electron chi connectivity index (χ0n) is 24.8. The zero-order chi connectivity index (χ0) is 31.9. The lowest BCUT2D eigenvalue weighted by Crippen LogP contribution is -2.63. The highest BCUT2D eigenvalue weighted by atomic mass is 35.5. The van der Waals surface area contributed by atoms with Crippen LogP contribution in [0.15, 0.2) is 48.8 Å². The number of anilines is 1. The number of amides is 1. The molecule has 0 saturated carbocycles. The molecular weight excluding hydrogens is 622 g/mol. The molecule has 4 aliphatic heterocycles. The summed E-state index contributed by atoms with van der Waals surface area (Å²) in [5.74, 6) is -4.06. The van der Waals surface area contributed by atoms with Gasteiger partial charge in [-0.1, -0.05) is 42.4 Å². The zero-order valence-corrected chi connectivity index (χ0v) is 25.6. The number of rotatable bonds is 6. The van der Waals surface area contributed by atoms with E-state index in [0.29, 0.717) is 25.0 Å². The molecule has 4 fully saturated rings. The fraction of sp³-hybridized carbons (Fsp3) is 0.382. The van der Waals surface area contributed by atoms with Crippen LogP contribution in [-0.4, -0.2) is 76.1 Å². The minimum atomic E-state index is -1.03. The van der Waals surface area contributed by atoms with Crippen LogP contribution >= 0.6 is 11.6 Å². The third-order valence-electron chi connectivity index (χ3n) is 10.4. The highest BCUT2D eigenvalue weighted by Gasteiger charge is 2.50. The Morgan fingerprint density at radius 1 is 1.04 bits per heavy atom. The van der Waals surface area contributed by atoms with E-state index in [-0.39, 0.29) is 62.9 Å². The van der Waals surface area contributed by atoms with Gasteiger partial charge in [-0.2, -0.15) is 9.97 Å². The van der Waals surface area contributed by atoms with Crippen LogP contribution in [0.3, 0.4) is 0 Å². The molecule has 12 heteroatoms. The van der Waals surface area contributed by atoms with Crippen molar-refractivity contribution in [1.82, 2.24) is 19.8 Å². The molecule has 0 radical (unpaired) electrons. The Morgan fingerprint density at radius 2 is 1.83 bits per heavy atom. The summed E-state index contributed by atoms with van der Waals surface area (Å²) >= 11 is 6.34. The van der Waals surface area contributed by atoms with Crippen molar-refractivity contribution in [3.8, 4) is 17.1 Å². The van der Waals surface area contributed by atoms with Gasteiger partial charge in [-0.25, -0.2) is 17.6 Å². The third kappa shape index (κ3) is 4.38. The second kappa shape index (κ2) is 10.8. The first-order valence-corrected chi connectivity index (χ1v) is 15.9. The summed E-state index contributed by atoms with van der Waals surface area (Å²) in [4.78, 5) is 27.3. The fourth-order valence-electron chi connectivity index (χ4n) is 8.14. The molecule has 0 spiro atoms. The molecule has 1 unspecified atom stereocenters. The molecule has 5 heterocycles. The van der Waals surface area contributed by atoms with E-state index in [1.807, 2.05) is 4.90 Å². The number of hydrogen-bond donors (Lipinski definition) is 0. The van der Waals surface area contributed by atoms with E-state index in [0.717, 1.165) is 38.8 Å². The Kier molecular flexibility index (Phi) is 6.91. The maximum absolute atomic E-state index is 16.7. The summed E-state index contributed by atoms with van der Waals surface area (Å²) < 4.78 is 67.4. The molecular formula is C34H30ClF4N5O2. The average Bonchev–Trinajstić information content (AvgIpc) is 3.70. The summed E-state index contributed by atoms with van der Waals surface area (Å²) in [6.45, 7) is 6.08. The minimum absolute atomic E-state index is 0.0411. The number of carbonyl (C=O) groups is 1. The van der Waals surface area contributed by atoms with Crippen LogP contribution < -0.4 is 9.64 Å². The van der Waals surface area contributed by atoms with Crippen molar-refractivity contribution >= 4 is 45.0 Å². The van der Waals surface area contributed by atoms with Gasteiger partial charge in [-0.3, -0.25) is 9.69 Å². The lowest BCUT2D eigenvalue weighted by Gasteiger charge is -2.47. The number of carbonyl (C=O) groups excluding carboxylic acids is 1. The molecule has 238 valence electrons. The van der Waals surface area contributed by atoms with Crippen LogP contribution in [0.25, 0.3) is 32.8 Å². The molecule has 0 bridgehead atoms. The number of hydrogen-bond acceptors (Lipinski definition) is 6. The smallest absolute Gasteiger partial charge is 0.319 e. The van der Waals surface area contributed by atoms with Gasteiger partial charge in [0.25, 0.3) is 5.91 Å². The van der Waals surface area contributed by atoms with Gasteiger partial charge in [-0.15, -0.1) is 0 Å². The van der Waals surface area contributed by atoms with Gasteiger partial charge in [0, 0.05) is 23.9 Å². The number of benzene rings is 3. The quantitative estimate of drug-likeness (QED) is 0.169. The van der Waals surface area contributed by atoms with Crippen LogP contribution in [0.2, 0.25) is 5.02 Å². The Morgan fingerprint density at radius 3 is 2.59 bits per heavy atom. The van der Waals surface area contributed by atoms with Crippen LogP contribution in [-0.2, 0) is 4.79 Å². The van der Waals surface area contributed by atoms with Crippen molar-refractivity contribution in [3.63, 3.8) is 0 Å². The Bertz CT molecular complexity index is 1950. The van der Waals surface area contributed by atoms with Gasteiger partial charge in [0.1, 0.15) is 29.6 Å². The maximum atomic E-state index is 16.7. The lowest BCUT2D eigenvalue weighted by atomic mass is 9.94. The molecule has 4 aliphatic rings. The van der Waals surface area contributed by atoms with E-state index in [4.69, 9.17) is 21.3 Å². The van der Waals surface area contributed by atoms with Crippen molar-refractivity contribution in [3.05, 3.63) is 71.3 Å². The Hall–Kier alpha value is -3.96.